The second-order valence-electron chi connectivity index (χ2n) is 4.28. The molecule has 0 aliphatic rings. The van der Waals surface area contributed by atoms with Crippen molar-refractivity contribution in [1.29, 1.82) is 10.5 Å². The van der Waals surface area contributed by atoms with Crippen LogP contribution in [0.2, 0.25) is 0 Å². The van der Waals surface area contributed by atoms with Crippen molar-refractivity contribution in [1.82, 2.24) is 19.9 Å². The van der Waals surface area contributed by atoms with E-state index in [-0.39, 0.29) is 16.8 Å². The fraction of sp³-hybridized carbons (Fsp3) is 0. The van der Waals surface area contributed by atoms with Gasteiger partial charge in [-0.2, -0.15) is 0 Å². The smallest absolute Gasteiger partial charge is 0.696 e. The molecular weight excluding hydrogens is 471 g/mol. The number of hydrogen-bond donors (Lipinski definition) is 0. The van der Waals surface area contributed by atoms with Gasteiger partial charge in [-0.1, -0.05) is 35.1 Å². The minimum Gasteiger partial charge on any atom is -0.696 e. The van der Waals surface area contributed by atoms with Crippen LogP contribution in [0.3, 0.4) is 0 Å². The van der Waals surface area contributed by atoms with Crippen LogP contribution in [-0.4, -0.2) is 19.9 Å². The number of hydrogen-bond acceptors (Lipinski definition) is 8. The Labute approximate surface area is 205 Å². The third kappa shape index (κ3) is 37.9. The Balaban J connectivity index is -0.000000309. The molecular formula is C22H20CoN6S2. The Kier molecular flexibility index (Phi) is 35.4. The normalized spacial score (nSPS) is 6.65. The molecule has 4 aromatic rings. The molecule has 0 spiro atoms. The van der Waals surface area contributed by atoms with Crippen molar-refractivity contribution in [3.8, 4) is 10.8 Å². The maximum Gasteiger partial charge on any atom is 2.00 e. The van der Waals surface area contributed by atoms with Gasteiger partial charge in [0.05, 0.1) is 0 Å². The molecule has 0 bridgehead atoms. The fourth-order valence-corrected chi connectivity index (χ4v) is 1.25. The quantitative estimate of drug-likeness (QED) is 0.264. The molecule has 31 heavy (non-hydrogen) atoms. The molecule has 0 aromatic carbocycles. The molecule has 0 saturated heterocycles. The van der Waals surface area contributed by atoms with E-state index in [9.17, 15) is 0 Å². The summed E-state index contributed by atoms with van der Waals surface area (Å²) in [5.74, 6) is 0. The molecule has 0 atom stereocenters. The fourth-order valence-electron chi connectivity index (χ4n) is 1.25. The first-order chi connectivity index (χ1) is 14.8. The molecule has 6 nitrogen and oxygen atoms in total. The van der Waals surface area contributed by atoms with E-state index in [0.29, 0.717) is 0 Å². The predicted molar refractivity (Wildman–Crippen MR) is 123 cm³/mol. The van der Waals surface area contributed by atoms with E-state index in [0.717, 1.165) is 0 Å². The third-order valence-corrected chi connectivity index (χ3v) is 2.27. The van der Waals surface area contributed by atoms with Crippen LogP contribution in [0, 0.1) is 21.3 Å². The van der Waals surface area contributed by atoms with Crippen molar-refractivity contribution in [2.45, 2.75) is 0 Å². The van der Waals surface area contributed by atoms with Gasteiger partial charge in [-0.3, -0.25) is 19.9 Å². The first-order valence-corrected chi connectivity index (χ1v) is 9.07. The Hall–Kier alpha value is -3.47. The maximum atomic E-state index is 7.13. The summed E-state index contributed by atoms with van der Waals surface area (Å²) in [6.45, 7) is 0. The second-order valence-corrected chi connectivity index (χ2v) is 4.65. The van der Waals surface area contributed by atoms with Crippen molar-refractivity contribution < 1.29 is 16.8 Å². The Morgan fingerprint density at radius 3 is 0.548 bits per heavy atom. The van der Waals surface area contributed by atoms with E-state index in [1.54, 1.807) is 49.6 Å². The summed E-state index contributed by atoms with van der Waals surface area (Å²) in [7, 11) is 0. The van der Waals surface area contributed by atoms with Crippen molar-refractivity contribution in [2.75, 3.05) is 0 Å². The summed E-state index contributed by atoms with van der Waals surface area (Å²) >= 11 is 7.40. The molecule has 4 rings (SSSR count). The summed E-state index contributed by atoms with van der Waals surface area (Å²) in [4.78, 5) is 15.1. The molecule has 1 radical (unpaired) electrons. The zero-order valence-electron chi connectivity index (χ0n) is 16.4. The van der Waals surface area contributed by atoms with Crippen molar-refractivity contribution in [3.63, 3.8) is 0 Å². The molecule has 0 N–H and O–H groups in total. The van der Waals surface area contributed by atoms with Gasteiger partial charge in [0.2, 0.25) is 0 Å². The van der Waals surface area contributed by atoms with Crippen LogP contribution in [0.25, 0.3) is 0 Å². The Morgan fingerprint density at radius 2 is 0.516 bits per heavy atom. The summed E-state index contributed by atoms with van der Waals surface area (Å²) in [6, 6.07) is 22.9. The average Bonchev–Trinajstić information content (AvgIpc) is 2.86. The van der Waals surface area contributed by atoms with E-state index >= 15 is 0 Å². The molecule has 0 amide bonds. The van der Waals surface area contributed by atoms with Crippen LogP contribution in [0.15, 0.2) is 122 Å². The van der Waals surface area contributed by atoms with Gasteiger partial charge in [0.25, 0.3) is 0 Å². The van der Waals surface area contributed by atoms with Crippen LogP contribution in [0.4, 0.5) is 0 Å². The van der Waals surface area contributed by atoms with Gasteiger partial charge >= 0.3 is 16.8 Å². The molecule has 0 fully saturated rings. The summed E-state index contributed by atoms with van der Waals surface area (Å²) in [6.07, 6.45) is 14.0. The molecule has 4 heterocycles. The molecule has 4 aromatic heterocycles. The van der Waals surface area contributed by atoms with Crippen LogP contribution >= 0.6 is 0 Å². The average molecular weight is 492 g/mol. The van der Waals surface area contributed by atoms with E-state index in [2.05, 4.69) is 45.2 Å². The molecule has 0 saturated carbocycles. The number of nitrogens with zero attached hydrogens (tertiary/aromatic N) is 6. The van der Waals surface area contributed by atoms with E-state index in [1.807, 2.05) is 72.8 Å². The number of rotatable bonds is 0. The first kappa shape index (κ1) is 32.2. The number of pyridine rings is 4. The second kappa shape index (κ2) is 34.1. The maximum absolute atomic E-state index is 7.13. The summed E-state index contributed by atoms with van der Waals surface area (Å²) in [5, 5.41) is 16.9. The molecule has 9 heteroatoms. The zero-order valence-corrected chi connectivity index (χ0v) is 19.1. The van der Waals surface area contributed by atoms with Gasteiger partial charge < -0.3 is 25.3 Å². The van der Waals surface area contributed by atoms with Crippen LogP contribution in [-0.2, 0) is 42.0 Å². The van der Waals surface area contributed by atoms with Gasteiger partial charge in [0.1, 0.15) is 0 Å². The monoisotopic (exact) mass is 491 g/mol. The number of nitriles is 2. The van der Waals surface area contributed by atoms with Gasteiger partial charge in [-0.15, -0.1) is 0 Å². The predicted octanol–water partition coefficient (Wildman–Crippen LogP) is 4.35. The van der Waals surface area contributed by atoms with E-state index in [4.69, 9.17) is 10.5 Å². The van der Waals surface area contributed by atoms with Gasteiger partial charge in [0.15, 0.2) is 0 Å². The minimum absolute atomic E-state index is 0. The molecule has 0 aliphatic carbocycles. The van der Waals surface area contributed by atoms with Gasteiger partial charge in [0, 0.05) is 49.6 Å². The van der Waals surface area contributed by atoms with Crippen LogP contribution < -0.4 is 0 Å². The van der Waals surface area contributed by atoms with Gasteiger partial charge in [-0.05, 0) is 48.5 Å². The van der Waals surface area contributed by atoms with E-state index in [1.165, 1.54) is 10.8 Å². The first-order valence-electron chi connectivity index (χ1n) is 8.25. The van der Waals surface area contributed by atoms with Crippen molar-refractivity contribution >= 4 is 25.3 Å². The van der Waals surface area contributed by atoms with Crippen LogP contribution in [0.1, 0.15) is 0 Å². The topological polar surface area (TPSA) is 99.1 Å². The Morgan fingerprint density at radius 1 is 0.387 bits per heavy atom. The number of aromatic nitrogens is 4. The third-order valence-electron chi connectivity index (χ3n) is 2.27. The molecule has 0 unspecified atom stereocenters. The summed E-state index contributed by atoms with van der Waals surface area (Å²) in [5.41, 5.74) is 0. The summed E-state index contributed by atoms with van der Waals surface area (Å²) < 4.78 is 0. The largest absolute Gasteiger partial charge is 2.00 e. The van der Waals surface area contributed by atoms with Gasteiger partial charge in [-0.25, -0.2) is 10.5 Å². The van der Waals surface area contributed by atoms with Crippen molar-refractivity contribution in [2.24, 2.45) is 0 Å². The number of thiocyanates is 2. The Bertz CT molecular complexity index is 602. The van der Waals surface area contributed by atoms with E-state index < -0.39 is 0 Å². The standard InChI is InChI=1S/4C5H5N.2CHNS.Co/c4*1-2-4-6-5-3-1;2*2-1-3;/h4*1-5H;2*3H;/q;;;;;;+2/p-2. The SMILES string of the molecule is N#C[S-].N#C[S-].[Co+2].c1ccncc1.c1ccncc1.c1ccncc1.c1ccncc1. The zero-order chi connectivity index (χ0) is 22.4. The molecule has 0 aliphatic heterocycles. The van der Waals surface area contributed by atoms with Crippen LogP contribution in [0.5, 0.6) is 0 Å². The van der Waals surface area contributed by atoms with Crippen molar-refractivity contribution in [3.05, 3.63) is 122 Å². The minimum atomic E-state index is 0. The molecule has 159 valence electrons.